The molecule has 1 aromatic carbocycles. The van der Waals surface area contributed by atoms with Crippen LogP contribution in [-0.4, -0.2) is 48.7 Å². The number of anilines is 1. The second-order valence-electron chi connectivity index (χ2n) is 7.79. The van der Waals surface area contributed by atoms with E-state index >= 15 is 0 Å². The van der Waals surface area contributed by atoms with Gasteiger partial charge in [-0.05, 0) is 37.5 Å². The molecule has 30 heavy (non-hydrogen) atoms. The average Bonchev–Trinajstić information content (AvgIpc) is 3.27. The van der Waals surface area contributed by atoms with Crippen LogP contribution in [-0.2, 0) is 11.3 Å². The van der Waals surface area contributed by atoms with E-state index in [4.69, 9.17) is 14.7 Å². The molecule has 3 aromatic heterocycles. The van der Waals surface area contributed by atoms with Crippen molar-refractivity contribution in [2.45, 2.75) is 32.4 Å². The smallest absolute Gasteiger partial charge is 0.157 e. The maximum Gasteiger partial charge on any atom is 0.157 e. The Balaban J connectivity index is 1.57. The lowest BCUT2D eigenvalue weighted by Gasteiger charge is -2.39. The Hall–Kier alpha value is -3.39. The monoisotopic (exact) mass is 399 g/mol. The molecule has 2 aliphatic rings. The number of imidazole rings is 1. The van der Waals surface area contributed by atoms with E-state index in [1.165, 1.54) is 0 Å². The van der Waals surface area contributed by atoms with Crippen LogP contribution in [0.5, 0.6) is 0 Å². The molecule has 0 bridgehead atoms. The SMILES string of the molecule is Cc1cc2nccnc2cc1-c1ncnc2c1-n1ccnc1CN2C1CCOCC1. The van der Waals surface area contributed by atoms with E-state index in [9.17, 15) is 0 Å². The summed E-state index contributed by atoms with van der Waals surface area (Å²) < 4.78 is 7.72. The van der Waals surface area contributed by atoms with Crippen LogP contribution in [0.1, 0.15) is 24.2 Å². The van der Waals surface area contributed by atoms with Crippen LogP contribution in [0.3, 0.4) is 0 Å². The summed E-state index contributed by atoms with van der Waals surface area (Å²) in [4.78, 5) is 25.4. The summed E-state index contributed by atoms with van der Waals surface area (Å²) in [6.45, 7) is 4.39. The van der Waals surface area contributed by atoms with Crippen molar-refractivity contribution < 1.29 is 4.74 Å². The van der Waals surface area contributed by atoms with Crippen LogP contribution in [0.15, 0.2) is 43.2 Å². The summed E-state index contributed by atoms with van der Waals surface area (Å²) in [6, 6.07) is 4.53. The quantitative estimate of drug-likeness (QED) is 0.512. The highest BCUT2D eigenvalue weighted by Gasteiger charge is 2.32. The number of hydrogen-bond acceptors (Lipinski definition) is 7. The summed E-state index contributed by atoms with van der Waals surface area (Å²) in [7, 11) is 0. The summed E-state index contributed by atoms with van der Waals surface area (Å²) >= 11 is 0. The second kappa shape index (κ2) is 6.84. The third-order valence-electron chi connectivity index (χ3n) is 6.05. The van der Waals surface area contributed by atoms with E-state index in [0.717, 1.165) is 77.8 Å². The van der Waals surface area contributed by atoms with Crippen LogP contribution in [0, 0.1) is 6.92 Å². The molecule has 2 aliphatic heterocycles. The fraction of sp³-hybridized carbons (Fsp3) is 0.318. The van der Waals surface area contributed by atoms with Crippen molar-refractivity contribution >= 4 is 16.9 Å². The van der Waals surface area contributed by atoms with Gasteiger partial charge in [-0.2, -0.15) is 0 Å². The lowest BCUT2D eigenvalue weighted by Crippen LogP contribution is -2.42. The van der Waals surface area contributed by atoms with E-state index in [1.54, 1.807) is 18.7 Å². The minimum absolute atomic E-state index is 0.384. The summed E-state index contributed by atoms with van der Waals surface area (Å²) in [5.74, 6) is 1.96. The van der Waals surface area contributed by atoms with E-state index < -0.39 is 0 Å². The lowest BCUT2D eigenvalue weighted by molar-refractivity contribution is 0.0836. The molecule has 0 N–H and O–H groups in total. The van der Waals surface area contributed by atoms with Crippen molar-refractivity contribution in [3.05, 3.63) is 54.6 Å². The van der Waals surface area contributed by atoms with Crippen molar-refractivity contribution in [2.75, 3.05) is 18.1 Å². The molecule has 0 amide bonds. The molecule has 0 aliphatic carbocycles. The molecule has 1 saturated heterocycles. The van der Waals surface area contributed by atoms with Crippen molar-refractivity contribution in [1.82, 2.24) is 29.5 Å². The number of rotatable bonds is 2. The highest BCUT2D eigenvalue weighted by atomic mass is 16.5. The van der Waals surface area contributed by atoms with Gasteiger partial charge in [0, 0.05) is 49.6 Å². The maximum absolute atomic E-state index is 5.59. The summed E-state index contributed by atoms with van der Waals surface area (Å²) in [5.41, 5.74) is 5.75. The zero-order valence-corrected chi connectivity index (χ0v) is 16.7. The molecular formula is C22H21N7O. The second-order valence-corrected chi connectivity index (χ2v) is 7.79. The molecule has 4 aromatic rings. The van der Waals surface area contributed by atoms with E-state index in [2.05, 4.69) is 43.5 Å². The first-order valence-corrected chi connectivity index (χ1v) is 10.2. The zero-order valence-electron chi connectivity index (χ0n) is 16.7. The standard InChI is InChI=1S/C22H21N7O/c1-14-10-17-18(24-5-4-23-17)11-16(14)20-21-22(27-13-26-20)29(15-2-8-30-9-3-15)12-19-25-6-7-28(19)21/h4-7,10-11,13,15H,2-3,8-9,12H2,1H3. The van der Waals surface area contributed by atoms with Crippen molar-refractivity contribution in [1.29, 1.82) is 0 Å². The third-order valence-corrected chi connectivity index (χ3v) is 6.05. The van der Waals surface area contributed by atoms with E-state index in [-0.39, 0.29) is 0 Å². The number of fused-ring (bicyclic) bond motifs is 4. The molecule has 150 valence electrons. The van der Waals surface area contributed by atoms with Crippen LogP contribution in [0.4, 0.5) is 5.82 Å². The van der Waals surface area contributed by atoms with Gasteiger partial charge in [-0.3, -0.25) is 14.5 Å². The highest BCUT2D eigenvalue weighted by molar-refractivity contribution is 5.87. The molecule has 0 spiro atoms. The van der Waals surface area contributed by atoms with Gasteiger partial charge < -0.3 is 9.64 Å². The maximum atomic E-state index is 5.59. The van der Waals surface area contributed by atoms with E-state index in [0.29, 0.717) is 6.04 Å². The van der Waals surface area contributed by atoms with E-state index in [1.807, 2.05) is 12.4 Å². The van der Waals surface area contributed by atoms with Crippen LogP contribution in [0.2, 0.25) is 0 Å². The summed E-state index contributed by atoms with van der Waals surface area (Å²) in [6.07, 6.45) is 10.9. The van der Waals surface area contributed by atoms with Crippen molar-refractivity contribution in [2.24, 2.45) is 0 Å². The Kier molecular flexibility index (Phi) is 3.98. The first-order chi connectivity index (χ1) is 14.8. The Morgan fingerprint density at radius 1 is 0.933 bits per heavy atom. The van der Waals surface area contributed by atoms with Crippen LogP contribution < -0.4 is 4.90 Å². The fourth-order valence-corrected chi connectivity index (χ4v) is 4.55. The fourth-order valence-electron chi connectivity index (χ4n) is 4.55. The number of benzene rings is 1. The predicted octanol–water partition coefficient (Wildman–Crippen LogP) is 3.08. The number of ether oxygens (including phenoxy) is 1. The van der Waals surface area contributed by atoms with Gasteiger partial charge in [0.25, 0.3) is 0 Å². The molecule has 8 nitrogen and oxygen atoms in total. The van der Waals surface area contributed by atoms with Crippen molar-refractivity contribution in [3.8, 4) is 16.9 Å². The average molecular weight is 399 g/mol. The molecule has 5 heterocycles. The molecule has 0 radical (unpaired) electrons. The first-order valence-electron chi connectivity index (χ1n) is 10.2. The molecule has 0 atom stereocenters. The number of aromatic nitrogens is 6. The molecule has 0 saturated carbocycles. The number of hydrogen-bond donors (Lipinski definition) is 0. The normalized spacial score (nSPS) is 16.5. The Morgan fingerprint density at radius 2 is 1.73 bits per heavy atom. The van der Waals surface area contributed by atoms with Gasteiger partial charge in [0.1, 0.15) is 23.5 Å². The Morgan fingerprint density at radius 3 is 2.57 bits per heavy atom. The molecule has 8 heteroatoms. The molecule has 6 rings (SSSR count). The first kappa shape index (κ1) is 17.5. The largest absolute Gasteiger partial charge is 0.381 e. The van der Waals surface area contributed by atoms with Gasteiger partial charge in [-0.15, -0.1) is 0 Å². The van der Waals surface area contributed by atoms with Gasteiger partial charge in [0.15, 0.2) is 5.82 Å². The molecule has 0 unspecified atom stereocenters. The zero-order chi connectivity index (χ0) is 20.1. The molecule has 1 fully saturated rings. The topological polar surface area (TPSA) is 81.8 Å². The van der Waals surface area contributed by atoms with Gasteiger partial charge in [-0.1, -0.05) is 0 Å². The van der Waals surface area contributed by atoms with Gasteiger partial charge in [0.2, 0.25) is 0 Å². The summed E-state index contributed by atoms with van der Waals surface area (Å²) in [5, 5.41) is 0. The van der Waals surface area contributed by atoms with Gasteiger partial charge >= 0.3 is 0 Å². The van der Waals surface area contributed by atoms with Gasteiger partial charge in [0.05, 0.1) is 17.6 Å². The Bertz CT molecular complexity index is 1250. The predicted molar refractivity (Wildman–Crippen MR) is 112 cm³/mol. The third kappa shape index (κ3) is 2.68. The number of nitrogens with zero attached hydrogens (tertiary/aromatic N) is 7. The minimum Gasteiger partial charge on any atom is -0.381 e. The lowest BCUT2D eigenvalue weighted by atomic mass is 10.0. The highest BCUT2D eigenvalue weighted by Crippen LogP contribution is 2.39. The minimum atomic E-state index is 0.384. The molecular weight excluding hydrogens is 378 g/mol. The Labute approximate surface area is 173 Å². The van der Waals surface area contributed by atoms with Crippen LogP contribution >= 0.6 is 0 Å². The number of aryl methyl sites for hydroxylation is 1. The van der Waals surface area contributed by atoms with Crippen LogP contribution in [0.25, 0.3) is 28.0 Å². The van der Waals surface area contributed by atoms with Crippen molar-refractivity contribution in [3.63, 3.8) is 0 Å². The van der Waals surface area contributed by atoms with Gasteiger partial charge in [-0.25, -0.2) is 15.0 Å².